The summed E-state index contributed by atoms with van der Waals surface area (Å²) in [5.74, 6) is -2.79. The molecule has 2 rings (SSSR count). The predicted octanol–water partition coefficient (Wildman–Crippen LogP) is -1.41. The van der Waals surface area contributed by atoms with Crippen molar-refractivity contribution in [3.63, 3.8) is 0 Å². The SMILES string of the molecule is CC(NC(=O)C(CCCN=C(N)N)NC(=O)C(Cc1ccccc1)NC(=O)C1CCCN1)C(=O)O. The van der Waals surface area contributed by atoms with E-state index in [1.54, 1.807) is 0 Å². The van der Waals surface area contributed by atoms with Gasteiger partial charge in [0.15, 0.2) is 5.96 Å². The molecular weight excluding hydrogens is 454 g/mol. The Kier molecular flexibility index (Phi) is 10.9. The van der Waals surface area contributed by atoms with Crippen LogP contribution < -0.4 is 32.7 Å². The fourth-order valence-corrected chi connectivity index (χ4v) is 3.66. The number of amides is 3. The van der Waals surface area contributed by atoms with E-state index in [0.29, 0.717) is 12.8 Å². The number of carbonyl (C=O) groups excluding carboxylic acids is 3. The molecule has 35 heavy (non-hydrogen) atoms. The van der Waals surface area contributed by atoms with Crippen LogP contribution in [0.25, 0.3) is 0 Å². The molecule has 0 bridgehead atoms. The van der Waals surface area contributed by atoms with Crippen LogP contribution >= 0.6 is 0 Å². The van der Waals surface area contributed by atoms with Gasteiger partial charge in [-0.1, -0.05) is 30.3 Å². The number of carboxylic acid groups (broad SMARTS) is 1. The number of guanidine groups is 1. The Hall–Kier alpha value is -3.67. The van der Waals surface area contributed by atoms with Crippen LogP contribution in [-0.2, 0) is 25.6 Å². The maximum absolute atomic E-state index is 13.3. The van der Waals surface area contributed by atoms with Gasteiger partial charge < -0.3 is 37.8 Å². The second-order valence-corrected chi connectivity index (χ2v) is 8.48. The standard InChI is InChI=1S/C23H35N7O5/c1-14(22(34)35)28-20(32)17(10-6-12-27-23(24)25)29-21(33)18(13-15-7-3-2-4-8-15)30-19(31)16-9-5-11-26-16/h2-4,7-8,14,16-18,26H,5-6,9-13H2,1H3,(H,28,32)(H,29,33)(H,30,31)(H,34,35)(H4,24,25,27). The molecule has 192 valence electrons. The number of nitrogens with one attached hydrogen (secondary N) is 4. The van der Waals surface area contributed by atoms with Crippen LogP contribution in [0.4, 0.5) is 0 Å². The first kappa shape index (κ1) is 27.6. The highest BCUT2D eigenvalue weighted by atomic mass is 16.4. The zero-order chi connectivity index (χ0) is 25.8. The summed E-state index contributed by atoms with van der Waals surface area (Å²) in [5.41, 5.74) is 11.5. The summed E-state index contributed by atoms with van der Waals surface area (Å²) >= 11 is 0. The lowest BCUT2D eigenvalue weighted by atomic mass is 10.0. The van der Waals surface area contributed by atoms with Gasteiger partial charge in [-0.2, -0.15) is 0 Å². The van der Waals surface area contributed by atoms with E-state index >= 15 is 0 Å². The molecule has 9 N–H and O–H groups in total. The van der Waals surface area contributed by atoms with Gasteiger partial charge in [-0.15, -0.1) is 0 Å². The van der Waals surface area contributed by atoms with E-state index in [1.165, 1.54) is 6.92 Å². The third-order valence-corrected chi connectivity index (χ3v) is 5.60. The van der Waals surface area contributed by atoms with Gasteiger partial charge >= 0.3 is 5.97 Å². The number of carbonyl (C=O) groups is 4. The van der Waals surface area contributed by atoms with Crippen LogP contribution in [0, 0.1) is 0 Å². The maximum Gasteiger partial charge on any atom is 0.325 e. The molecule has 0 spiro atoms. The van der Waals surface area contributed by atoms with Crippen molar-refractivity contribution in [2.24, 2.45) is 16.5 Å². The van der Waals surface area contributed by atoms with Crippen LogP contribution in [0.5, 0.6) is 0 Å². The quantitative estimate of drug-likeness (QED) is 0.0995. The molecule has 1 aromatic rings. The van der Waals surface area contributed by atoms with Gasteiger partial charge in [0.2, 0.25) is 17.7 Å². The van der Waals surface area contributed by atoms with Crippen LogP contribution in [0.15, 0.2) is 35.3 Å². The third-order valence-electron chi connectivity index (χ3n) is 5.60. The average Bonchev–Trinajstić information content (AvgIpc) is 3.36. The zero-order valence-corrected chi connectivity index (χ0v) is 19.8. The number of carboxylic acids is 1. The topological polar surface area (TPSA) is 201 Å². The van der Waals surface area contributed by atoms with E-state index in [1.807, 2.05) is 30.3 Å². The minimum Gasteiger partial charge on any atom is -0.480 e. The van der Waals surface area contributed by atoms with Gasteiger partial charge in [0.1, 0.15) is 18.1 Å². The molecule has 1 aromatic carbocycles. The summed E-state index contributed by atoms with van der Waals surface area (Å²) in [5, 5.41) is 20.1. The molecule has 0 radical (unpaired) electrons. The highest BCUT2D eigenvalue weighted by molar-refractivity contribution is 5.94. The van der Waals surface area contributed by atoms with Crippen molar-refractivity contribution < 1.29 is 24.3 Å². The van der Waals surface area contributed by atoms with E-state index in [9.17, 15) is 19.2 Å². The van der Waals surface area contributed by atoms with Crippen molar-refractivity contribution in [2.75, 3.05) is 13.1 Å². The van der Waals surface area contributed by atoms with Crippen molar-refractivity contribution in [3.05, 3.63) is 35.9 Å². The van der Waals surface area contributed by atoms with Gasteiger partial charge in [0.25, 0.3) is 0 Å². The first-order valence-corrected chi connectivity index (χ1v) is 11.6. The van der Waals surface area contributed by atoms with Crippen molar-refractivity contribution in [1.82, 2.24) is 21.3 Å². The lowest BCUT2D eigenvalue weighted by Gasteiger charge is -2.25. The molecule has 1 fully saturated rings. The number of aliphatic imine (C=N–C) groups is 1. The minimum atomic E-state index is -1.21. The number of hydrogen-bond donors (Lipinski definition) is 7. The molecule has 1 heterocycles. The summed E-state index contributed by atoms with van der Waals surface area (Å²) in [4.78, 5) is 53.8. The highest BCUT2D eigenvalue weighted by Crippen LogP contribution is 2.09. The van der Waals surface area contributed by atoms with Gasteiger partial charge in [-0.25, -0.2) is 0 Å². The molecule has 12 nitrogen and oxygen atoms in total. The predicted molar refractivity (Wildman–Crippen MR) is 130 cm³/mol. The molecule has 0 saturated carbocycles. The second-order valence-electron chi connectivity index (χ2n) is 8.48. The summed E-state index contributed by atoms with van der Waals surface area (Å²) in [7, 11) is 0. The summed E-state index contributed by atoms with van der Waals surface area (Å²) < 4.78 is 0. The molecule has 1 aliphatic rings. The molecule has 4 unspecified atom stereocenters. The molecule has 4 atom stereocenters. The fraction of sp³-hybridized carbons (Fsp3) is 0.522. The summed E-state index contributed by atoms with van der Waals surface area (Å²) in [6.07, 6.45) is 2.29. The first-order valence-electron chi connectivity index (χ1n) is 11.6. The zero-order valence-electron chi connectivity index (χ0n) is 19.8. The van der Waals surface area contributed by atoms with Gasteiger partial charge in [-0.05, 0) is 44.7 Å². The van der Waals surface area contributed by atoms with Gasteiger partial charge in [0, 0.05) is 13.0 Å². The van der Waals surface area contributed by atoms with Crippen molar-refractivity contribution in [3.8, 4) is 0 Å². The molecule has 1 saturated heterocycles. The Morgan fingerprint density at radius 3 is 2.37 bits per heavy atom. The largest absolute Gasteiger partial charge is 0.480 e. The lowest BCUT2D eigenvalue weighted by Crippen LogP contribution is -2.57. The van der Waals surface area contributed by atoms with Crippen molar-refractivity contribution in [2.45, 2.75) is 63.2 Å². The van der Waals surface area contributed by atoms with Crippen LogP contribution in [-0.4, -0.2) is 72.0 Å². The van der Waals surface area contributed by atoms with Gasteiger partial charge in [-0.3, -0.25) is 24.2 Å². The number of benzene rings is 1. The molecular formula is C23H35N7O5. The number of nitrogens with zero attached hydrogens (tertiary/aromatic N) is 1. The Morgan fingerprint density at radius 2 is 1.77 bits per heavy atom. The van der Waals surface area contributed by atoms with E-state index in [-0.39, 0.29) is 37.3 Å². The second kappa shape index (κ2) is 13.9. The Labute approximate surface area is 204 Å². The van der Waals surface area contributed by atoms with Gasteiger partial charge in [0.05, 0.1) is 6.04 Å². The fourth-order valence-electron chi connectivity index (χ4n) is 3.66. The third kappa shape index (κ3) is 9.61. The molecule has 0 aromatic heterocycles. The summed E-state index contributed by atoms with van der Waals surface area (Å²) in [6.45, 7) is 2.28. The lowest BCUT2D eigenvalue weighted by molar-refractivity contribution is -0.141. The van der Waals surface area contributed by atoms with Crippen molar-refractivity contribution >= 4 is 29.7 Å². The first-order chi connectivity index (χ1) is 16.7. The minimum absolute atomic E-state index is 0.0966. The van der Waals surface area contributed by atoms with Crippen LogP contribution in [0.2, 0.25) is 0 Å². The van der Waals surface area contributed by atoms with E-state index in [2.05, 4.69) is 26.3 Å². The normalized spacial score (nSPS) is 17.5. The Morgan fingerprint density at radius 1 is 1.09 bits per heavy atom. The highest BCUT2D eigenvalue weighted by Gasteiger charge is 2.30. The number of hydrogen-bond acceptors (Lipinski definition) is 6. The van der Waals surface area contributed by atoms with E-state index in [0.717, 1.165) is 18.5 Å². The Balaban J connectivity index is 2.15. The smallest absolute Gasteiger partial charge is 0.325 e. The number of aliphatic carboxylic acids is 1. The number of nitrogens with two attached hydrogens (primary N) is 2. The van der Waals surface area contributed by atoms with Crippen molar-refractivity contribution in [1.29, 1.82) is 0 Å². The molecule has 3 amide bonds. The van der Waals surface area contributed by atoms with Crippen LogP contribution in [0.3, 0.4) is 0 Å². The van der Waals surface area contributed by atoms with E-state index < -0.39 is 35.9 Å². The monoisotopic (exact) mass is 489 g/mol. The average molecular weight is 490 g/mol. The summed E-state index contributed by atoms with van der Waals surface area (Å²) in [6, 6.07) is 5.69. The van der Waals surface area contributed by atoms with E-state index in [4.69, 9.17) is 16.6 Å². The molecule has 0 aliphatic carbocycles. The van der Waals surface area contributed by atoms with Crippen LogP contribution in [0.1, 0.15) is 38.2 Å². The number of rotatable bonds is 13. The maximum atomic E-state index is 13.3. The Bertz CT molecular complexity index is 899. The molecule has 12 heteroatoms. The molecule has 1 aliphatic heterocycles.